The number of aromatic nitrogens is 2. The molecule has 3 rings (SSSR count). The van der Waals surface area contributed by atoms with E-state index in [1.807, 2.05) is 25.4 Å². The summed E-state index contributed by atoms with van der Waals surface area (Å²) in [6.07, 6.45) is 4.87. The largest absolute Gasteiger partial charge is 0.389 e. The van der Waals surface area contributed by atoms with E-state index >= 15 is 0 Å². The fourth-order valence-corrected chi connectivity index (χ4v) is 2.80. The highest BCUT2D eigenvalue weighted by Gasteiger charge is 2.33. The lowest BCUT2D eigenvalue weighted by Crippen LogP contribution is -2.45. The number of nitrogens with one attached hydrogen (secondary N) is 1. The molecule has 114 valence electrons. The SMILES string of the molecule is Cn1cc(CNCC2(O)CCC2)c(-c2ccc(C#N)cc2)n1. The Morgan fingerprint density at radius 1 is 1.36 bits per heavy atom. The first-order valence-electron chi connectivity index (χ1n) is 7.56. The van der Waals surface area contributed by atoms with Crippen LogP contribution in [0, 0.1) is 11.3 Å². The van der Waals surface area contributed by atoms with Crippen LogP contribution < -0.4 is 5.32 Å². The maximum absolute atomic E-state index is 10.1. The van der Waals surface area contributed by atoms with Crippen molar-refractivity contribution in [1.29, 1.82) is 5.26 Å². The van der Waals surface area contributed by atoms with Gasteiger partial charge in [0.15, 0.2) is 0 Å². The lowest BCUT2D eigenvalue weighted by molar-refractivity contribution is -0.0314. The summed E-state index contributed by atoms with van der Waals surface area (Å²) in [5.74, 6) is 0. The summed E-state index contributed by atoms with van der Waals surface area (Å²) in [6.45, 7) is 1.29. The van der Waals surface area contributed by atoms with Crippen LogP contribution in [0.15, 0.2) is 30.5 Å². The Morgan fingerprint density at radius 3 is 2.68 bits per heavy atom. The minimum atomic E-state index is -0.517. The zero-order valence-electron chi connectivity index (χ0n) is 12.7. The van der Waals surface area contributed by atoms with Crippen LogP contribution in [0.4, 0.5) is 0 Å². The molecule has 1 aliphatic carbocycles. The van der Waals surface area contributed by atoms with E-state index in [0.29, 0.717) is 18.7 Å². The second-order valence-electron chi connectivity index (χ2n) is 6.05. The lowest BCUT2D eigenvalue weighted by Gasteiger charge is -2.36. The van der Waals surface area contributed by atoms with Crippen molar-refractivity contribution in [2.45, 2.75) is 31.4 Å². The summed E-state index contributed by atoms with van der Waals surface area (Å²) in [4.78, 5) is 0. The van der Waals surface area contributed by atoms with Gasteiger partial charge in [0.05, 0.1) is 22.9 Å². The van der Waals surface area contributed by atoms with E-state index < -0.39 is 5.60 Å². The van der Waals surface area contributed by atoms with Crippen LogP contribution in [0.2, 0.25) is 0 Å². The van der Waals surface area contributed by atoms with Crippen LogP contribution >= 0.6 is 0 Å². The van der Waals surface area contributed by atoms with E-state index in [2.05, 4.69) is 16.5 Å². The van der Waals surface area contributed by atoms with Crippen LogP contribution in [-0.2, 0) is 13.6 Å². The molecule has 2 aromatic rings. The molecule has 2 N–H and O–H groups in total. The maximum atomic E-state index is 10.1. The fraction of sp³-hybridized carbons (Fsp3) is 0.412. The Balaban J connectivity index is 1.72. The van der Waals surface area contributed by atoms with Gasteiger partial charge in [-0.3, -0.25) is 4.68 Å². The molecule has 0 aliphatic heterocycles. The number of hydrogen-bond donors (Lipinski definition) is 2. The molecule has 1 aromatic heterocycles. The molecule has 0 saturated heterocycles. The molecule has 1 saturated carbocycles. The molecular weight excluding hydrogens is 276 g/mol. The number of benzene rings is 1. The highest BCUT2D eigenvalue weighted by Crippen LogP contribution is 2.31. The number of aryl methyl sites for hydroxylation is 1. The molecule has 5 heteroatoms. The fourth-order valence-electron chi connectivity index (χ4n) is 2.80. The number of rotatable bonds is 5. The number of nitrogens with zero attached hydrogens (tertiary/aromatic N) is 3. The molecule has 0 radical (unpaired) electrons. The predicted octanol–water partition coefficient (Wildman–Crippen LogP) is 1.96. The standard InChI is InChI=1S/C17H20N4O/c1-21-11-15(10-19-12-17(22)7-2-8-17)16(20-21)14-5-3-13(9-18)4-6-14/h3-6,11,19,22H,2,7-8,10,12H2,1H3. The summed E-state index contributed by atoms with van der Waals surface area (Å²) in [5.41, 5.74) is 3.14. The van der Waals surface area contributed by atoms with Gasteiger partial charge < -0.3 is 10.4 Å². The van der Waals surface area contributed by atoms with Crippen molar-refractivity contribution in [3.05, 3.63) is 41.6 Å². The molecule has 22 heavy (non-hydrogen) atoms. The van der Waals surface area contributed by atoms with E-state index in [4.69, 9.17) is 5.26 Å². The Labute approximate surface area is 130 Å². The molecule has 5 nitrogen and oxygen atoms in total. The van der Waals surface area contributed by atoms with Gasteiger partial charge in [0.2, 0.25) is 0 Å². The first-order valence-corrected chi connectivity index (χ1v) is 7.56. The van der Waals surface area contributed by atoms with Gasteiger partial charge in [0.25, 0.3) is 0 Å². The number of aliphatic hydroxyl groups is 1. The monoisotopic (exact) mass is 296 g/mol. The van der Waals surface area contributed by atoms with E-state index in [-0.39, 0.29) is 0 Å². The third-order valence-electron chi connectivity index (χ3n) is 4.25. The van der Waals surface area contributed by atoms with Crippen molar-refractivity contribution in [3.8, 4) is 17.3 Å². The minimum Gasteiger partial charge on any atom is -0.389 e. The quantitative estimate of drug-likeness (QED) is 0.884. The predicted molar refractivity (Wildman–Crippen MR) is 83.9 cm³/mol. The van der Waals surface area contributed by atoms with Crippen LogP contribution in [0.25, 0.3) is 11.3 Å². The van der Waals surface area contributed by atoms with E-state index in [0.717, 1.165) is 36.1 Å². The Bertz CT molecular complexity index is 692. The summed E-state index contributed by atoms with van der Waals surface area (Å²) in [5, 5.41) is 26.9. The lowest BCUT2D eigenvalue weighted by atomic mass is 9.80. The van der Waals surface area contributed by atoms with E-state index in [1.165, 1.54) is 0 Å². The average molecular weight is 296 g/mol. The smallest absolute Gasteiger partial charge is 0.0991 e. The third kappa shape index (κ3) is 3.03. The highest BCUT2D eigenvalue weighted by molar-refractivity contribution is 5.63. The zero-order chi connectivity index (χ0) is 15.6. The highest BCUT2D eigenvalue weighted by atomic mass is 16.3. The van der Waals surface area contributed by atoms with Crippen molar-refractivity contribution in [2.75, 3.05) is 6.54 Å². The molecule has 0 amide bonds. The summed E-state index contributed by atoms with van der Waals surface area (Å²) in [6, 6.07) is 9.57. The van der Waals surface area contributed by atoms with Crippen molar-refractivity contribution in [3.63, 3.8) is 0 Å². The molecule has 1 fully saturated rings. The van der Waals surface area contributed by atoms with Gasteiger partial charge in [-0.15, -0.1) is 0 Å². The molecule has 0 unspecified atom stereocenters. The van der Waals surface area contributed by atoms with E-state index in [1.54, 1.807) is 16.8 Å². The average Bonchev–Trinajstić information content (AvgIpc) is 2.86. The molecule has 1 aromatic carbocycles. The topological polar surface area (TPSA) is 73.9 Å². The van der Waals surface area contributed by atoms with Crippen LogP contribution in [-0.4, -0.2) is 27.0 Å². The van der Waals surface area contributed by atoms with Gasteiger partial charge in [-0.1, -0.05) is 12.1 Å². The summed E-state index contributed by atoms with van der Waals surface area (Å²) < 4.78 is 1.79. The third-order valence-corrected chi connectivity index (χ3v) is 4.25. The second kappa shape index (κ2) is 5.91. The van der Waals surface area contributed by atoms with Gasteiger partial charge >= 0.3 is 0 Å². The molecule has 1 heterocycles. The van der Waals surface area contributed by atoms with Gasteiger partial charge in [-0.2, -0.15) is 10.4 Å². The zero-order valence-corrected chi connectivity index (χ0v) is 12.7. The molecular formula is C17H20N4O. The maximum Gasteiger partial charge on any atom is 0.0991 e. The van der Waals surface area contributed by atoms with Crippen LogP contribution in [0.3, 0.4) is 0 Å². The second-order valence-corrected chi connectivity index (χ2v) is 6.05. The number of nitriles is 1. The van der Waals surface area contributed by atoms with Crippen molar-refractivity contribution in [2.24, 2.45) is 7.05 Å². The molecule has 1 aliphatic rings. The minimum absolute atomic E-state index is 0.517. The first kappa shape index (κ1) is 14.8. The van der Waals surface area contributed by atoms with Gasteiger partial charge in [-0.25, -0.2) is 0 Å². The molecule has 0 atom stereocenters. The Morgan fingerprint density at radius 2 is 2.09 bits per heavy atom. The Kier molecular flexibility index (Phi) is 3.97. The number of hydrogen-bond acceptors (Lipinski definition) is 4. The van der Waals surface area contributed by atoms with Crippen molar-refractivity contribution in [1.82, 2.24) is 15.1 Å². The van der Waals surface area contributed by atoms with Gasteiger partial charge in [-0.05, 0) is 31.4 Å². The molecule has 0 bridgehead atoms. The van der Waals surface area contributed by atoms with E-state index in [9.17, 15) is 5.11 Å². The van der Waals surface area contributed by atoms with Crippen LogP contribution in [0.5, 0.6) is 0 Å². The summed E-state index contributed by atoms with van der Waals surface area (Å²) in [7, 11) is 1.90. The van der Waals surface area contributed by atoms with Gasteiger partial charge in [0.1, 0.15) is 0 Å². The molecule has 0 spiro atoms. The summed E-state index contributed by atoms with van der Waals surface area (Å²) >= 11 is 0. The Hall–Kier alpha value is -2.16. The van der Waals surface area contributed by atoms with Gasteiger partial charge in [0, 0.05) is 37.5 Å². The normalized spacial score (nSPS) is 16.0. The first-order chi connectivity index (χ1) is 10.6. The van der Waals surface area contributed by atoms with Crippen LogP contribution in [0.1, 0.15) is 30.4 Å². The van der Waals surface area contributed by atoms with Crippen molar-refractivity contribution >= 4 is 0 Å². The van der Waals surface area contributed by atoms with Crippen molar-refractivity contribution < 1.29 is 5.11 Å².